The molecular formula is C30H32ClN5O5S. The first-order valence-corrected chi connectivity index (χ1v) is 14.9. The van der Waals surface area contributed by atoms with Gasteiger partial charge in [-0.05, 0) is 55.5 Å². The van der Waals surface area contributed by atoms with E-state index in [1.807, 2.05) is 30.3 Å². The van der Waals surface area contributed by atoms with Gasteiger partial charge in [-0.25, -0.2) is 9.78 Å². The van der Waals surface area contributed by atoms with Gasteiger partial charge in [-0.3, -0.25) is 14.2 Å². The number of nitrogens with one attached hydrogen (secondary N) is 1. The smallest absolute Gasteiger partial charge is 0.396 e. The van der Waals surface area contributed by atoms with Crippen LogP contribution < -0.4 is 20.4 Å². The summed E-state index contributed by atoms with van der Waals surface area (Å²) in [5, 5.41) is 13.6. The van der Waals surface area contributed by atoms with Crippen LogP contribution in [0.25, 0.3) is 16.6 Å². The van der Waals surface area contributed by atoms with Gasteiger partial charge in [0.1, 0.15) is 4.88 Å². The van der Waals surface area contributed by atoms with Crippen molar-refractivity contribution in [2.24, 2.45) is 5.92 Å². The summed E-state index contributed by atoms with van der Waals surface area (Å²) in [6.45, 7) is 1.66. The summed E-state index contributed by atoms with van der Waals surface area (Å²) in [4.78, 5) is 48.1. The van der Waals surface area contributed by atoms with Crippen LogP contribution in [-0.4, -0.2) is 65.3 Å². The lowest BCUT2D eigenvalue weighted by atomic mass is 9.94. The van der Waals surface area contributed by atoms with Gasteiger partial charge in [0, 0.05) is 49.9 Å². The molecule has 2 aromatic heterocycles. The first-order chi connectivity index (χ1) is 20.3. The minimum atomic E-state index is -0.678. The van der Waals surface area contributed by atoms with Crippen LogP contribution in [0.15, 0.2) is 59.5 Å². The molecular weight excluding hydrogens is 578 g/mol. The van der Waals surface area contributed by atoms with Crippen LogP contribution in [0.2, 0.25) is 5.02 Å². The number of hydrogen-bond acceptors (Lipinski definition) is 8. The third kappa shape index (κ3) is 6.28. The summed E-state index contributed by atoms with van der Waals surface area (Å²) in [6.07, 6.45) is 3.60. The first kappa shape index (κ1) is 29.6. The van der Waals surface area contributed by atoms with Gasteiger partial charge in [0.15, 0.2) is 10.6 Å². The number of fused-ring (bicyclic) bond motifs is 1. The Balaban J connectivity index is 1.47. The molecule has 0 radical (unpaired) electrons. The summed E-state index contributed by atoms with van der Waals surface area (Å²) in [6, 6.07) is 14.1. The molecule has 3 heterocycles. The fourth-order valence-electron chi connectivity index (χ4n) is 5.02. The molecule has 42 heavy (non-hydrogen) atoms. The van der Waals surface area contributed by atoms with Gasteiger partial charge in [-0.2, -0.15) is 0 Å². The highest BCUT2D eigenvalue weighted by atomic mass is 35.5. The lowest BCUT2D eigenvalue weighted by Crippen LogP contribution is -2.33. The third-order valence-electron chi connectivity index (χ3n) is 7.31. The van der Waals surface area contributed by atoms with Crippen molar-refractivity contribution in [2.45, 2.75) is 25.8 Å². The molecule has 1 aliphatic rings. The van der Waals surface area contributed by atoms with E-state index in [9.17, 15) is 19.5 Å². The van der Waals surface area contributed by atoms with E-state index in [1.54, 1.807) is 36.9 Å². The fraction of sp³-hybridized carbons (Fsp3) is 0.333. The van der Waals surface area contributed by atoms with E-state index in [2.05, 4.69) is 15.2 Å². The Morgan fingerprint density at radius 1 is 1.17 bits per heavy atom. The van der Waals surface area contributed by atoms with Crippen molar-refractivity contribution in [2.75, 3.05) is 38.7 Å². The maximum Gasteiger partial charge on any atom is 0.416 e. The van der Waals surface area contributed by atoms with Crippen molar-refractivity contribution < 1.29 is 19.4 Å². The molecule has 220 valence electrons. The van der Waals surface area contributed by atoms with Crippen molar-refractivity contribution in [3.05, 3.63) is 80.4 Å². The minimum absolute atomic E-state index is 0.00397. The Bertz CT molecular complexity index is 1650. The summed E-state index contributed by atoms with van der Waals surface area (Å²) in [5.74, 6) is 0.110. The molecule has 12 heteroatoms. The van der Waals surface area contributed by atoms with Crippen molar-refractivity contribution >= 4 is 51.0 Å². The van der Waals surface area contributed by atoms with Gasteiger partial charge in [0.2, 0.25) is 5.88 Å². The van der Waals surface area contributed by atoms with Crippen LogP contribution in [0.5, 0.6) is 5.88 Å². The van der Waals surface area contributed by atoms with Crippen LogP contribution >= 0.6 is 22.9 Å². The number of aliphatic hydroxyl groups excluding tert-OH is 1. The van der Waals surface area contributed by atoms with Crippen LogP contribution in [0.4, 0.5) is 9.93 Å². The largest absolute Gasteiger partial charge is 0.416 e. The molecule has 1 fully saturated rings. The molecule has 0 bridgehead atoms. The van der Waals surface area contributed by atoms with E-state index in [4.69, 9.17) is 16.3 Å². The highest BCUT2D eigenvalue weighted by Crippen LogP contribution is 2.31. The zero-order valence-corrected chi connectivity index (χ0v) is 25.0. The van der Waals surface area contributed by atoms with Gasteiger partial charge in [-0.1, -0.05) is 41.1 Å². The number of ether oxygens (including phenoxy) is 1. The number of carbonyl (C=O) groups excluding carboxylic acids is 2. The van der Waals surface area contributed by atoms with Crippen LogP contribution in [0.3, 0.4) is 0 Å². The van der Waals surface area contributed by atoms with Crippen LogP contribution in [0, 0.1) is 5.92 Å². The number of amides is 2. The molecule has 2 N–H and O–H groups in total. The number of anilines is 1. The van der Waals surface area contributed by atoms with E-state index in [0.29, 0.717) is 32.4 Å². The lowest BCUT2D eigenvalue weighted by molar-refractivity contribution is 0.0954. The maximum absolute atomic E-state index is 13.8. The van der Waals surface area contributed by atoms with Crippen LogP contribution in [0.1, 0.15) is 34.5 Å². The molecule has 10 nitrogen and oxygen atoms in total. The predicted octanol–water partition coefficient (Wildman–Crippen LogP) is 4.69. The Labute approximate surface area is 252 Å². The molecule has 1 saturated heterocycles. The van der Waals surface area contributed by atoms with Gasteiger partial charge in [0.25, 0.3) is 5.91 Å². The number of thiazole rings is 1. The Kier molecular flexibility index (Phi) is 9.10. The zero-order valence-electron chi connectivity index (χ0n) is 23.4. The summed E-state index contributed by atoms with van der Waals surface area (Å²) in [7, 11) is 3.09. The van der Waals surface area contributed by atoms with E-state index in [0.717, 1.165) is 37.5 Å². The molecule has 0 spiro atoms. The molecule has 0 unspecified atom stereocenters. The number of rotatable bonds is 8. The van der Waals surface area contributed by atoms with Crippen molar-refractivity contribution in [3.63, 3.8) is 0 Å². The van der Waals surface area contributed by atoms with Gasteiger partial charge >= 0.3 is 6.09 Å². The van der Waals surface area contributed by atoms with E-state index in [1.165, 1.54) is 22.4 Å². The minimum Gasteiger partial charge on any atom is -0.396 e. The lowest BCUT2D eigenvalue weighted by Gasteiger charge is -2.31. The molecule has 5 rings (SSSR count). The number of nitrogens with zero attached hydrogens (tertiary/aromatic N) is 4. The Morgan fingerprint density at radius 3 is 2.60 bits per heavy atom. The SMILES string of the molecule is CN(C)C(=O)Oc1c(CNC(=O)c2cnc(N3CCC(CCO)CC3)s2)c(=O)c2ccc(Cl)cc2n1-c1ccccc1. The predicted molar refractivity (Wildman–Crippen MR) is 164 cm³/mol. The molecule has 0 atom stereocenters. The third-order valence-corrected chi connectivity index (χ3v) is 8.60. The summed E-state index contributed by atoms with van der Waals surface area (Å²) in [5.41, 5.74) is 0.846. The number of halogens is 1. The standard InChI is InChI=1S/C30H32ClN5O5S/c1-34(2)30(40)41-28-23(26(38)22-9-8-20(31)16-24(22)36(28)21-6-4-3-5-7-21)17-32-27(39)25-18-33-29(42-25)35-13-10-19(11-14-35)12-15-37/h3-9,16,18-19,37H,10-15,17H2,1-2H3,(H,32,39). The van der Waals surface area contributed by atoms with Crippen molar-refractivity contribution in [1.29, 1.82) is 0 Å². The number of para-hydroxylation sites is 1. The number of aromatic nitrogens is 2. The number of aliphatic hydroxyl groups is 1. The number of pyridine rings is 1. The topological polar surface area (TPSA) is 117 Å². The molecule has 2 aromatic carbocycles. The molecule has 4 aromatic rings. The van der Waals surface area contributed by atoms with Gasteiger partial charge in [0.05, 0.1) is 23.8 Å². The molecule has 1 aliphatic heterocycles. The van der Waals surface area contributed by atoms with Crippen LogP contribution in [-0.2, 0) is 6.54 Å². The zero-order chi connectivity index (χ0) is 29.8. The quantitative estimate of drug-likeness (QED) is 0.298. The Morgan fingerprint density at radius 2 is 1.90 bits per heavy atom. The molecule has 2 amide bonds. The average Bonchev–Trinajstić information content (AvgIpc) is 3.48. The maximum atomic E-state index is 13.8. The highest BCUT2D eigenvalue weighted by Gasteiger charge is 2.25. The summed E-state index contributed by atoms with van der Waals surface area (Å²) < 4.78 is 7.46. The second-order valence-electron chi connectivity index (χ2n) is 10.3. The monoisotopic (exact) mass is 609 g/mol. The average molecular weight is 610 g/mol. The van der Waals surface area contributed by atoms with E-state index < -0.39 is 6.09 Å². The Hall–Kier alpha value is -3.93. The second kappa shape index (κ2) is 12.9. The van der Waals surface area contributed by atoms with E-state index in [-0.39, 0.29) is 35.9 Å². The number of hydrogen-bond donors (Lipinski definition) is 2. The van der Waals surface area contributed by atoms with E-state index >= 15 is 0 Å². The van der Waals surface area contributed by atoms with Gasteiger partial charge in [-0.15, -0.1) is 0 Å². The normalized spacial score (nSPS) is 13.8. The van der Waals surface area contributed by atoms with Crippen molar-refractivity contribution in [1.82, 2.24) is 19.8 Å². The highest BCUT2D eigenvalue weighted by molar-refractivity contribution is 7.17. The second-order valence-corrected chi connectivity index (χ2v) is 11.8. The van der Waals surface area contributed by atoms with Gasteiger partial charge < -0.3 is 25.0 Å². The fourth-order valence-corrected chi connectivity index (χ4v) is 6.07. The first-order valence-electron chi connectivity index (χ1n) is 13.7. The number of carbonyl (C=O) groups is 2. The number of benzene rings is 2. The van der Waals surface area contributed by atoms with Crippen molar-refractivity contribution in [3.8, 4) is 11.6 Å². The number of piperidine rings is 1. The molecule has 0 aliphatic carbocycles. The summed E-state index contributed by atoms with van der Waals surface area (Å²) >= 11 is 7.61. The molecule has 0 saturated carbocycles.